The Kier molecular flexibility index (Phi) is 3.31. The highest BCUT2D eigenvalue weighted by atomic mass is 16.4. The van der Waals surface area contributed by atoms with Gasteiger partial charge in [0.2, 0.25) is 0 Å². The van der Waals surface area contributed by atoms with E-state index in [1.165, 1.54) is 4.90 Å². The summed E-state index contributed by atoms with van der Waals surface area (Å²) in [7, 11) is 0. The molecule has 6 heteroatoms. The summed E-state index contributed by atoms with van der Waals surface area (Å²) in [6.07, 6.45) is 1.87. The average molecular weight is 347 g/mol. The predicted octanol–water partition coefficient (Wildman–Crippen LogP) is 3.09. The van der Waals surface area contributed by atoms with E-state index >= 15 is 0 Å². The van der Waals surface area contributed by atoms with Crippen LogP contribution in [0.5, 0.6) is 0 Å². The van der Waals surface area contributed by atoms with E-state index in [1.54, 1.807) is 24.3 Å². The lowest BCUT2D eigenvalue weighted by molar-refractivity contribution is 0.0645. The minimum Gasteiger partial charge on any atom is -0.423 e. The molecule has 2 aromatic carbocycles. The Hall–Kier alpha value is -3.15. The van der Waals surface area contributed by atoms with Crippen molar-refractivity contribution in [2.24, 2.45) is 0 Å². The summed E-state index contributed by atoms with van der Waals surface area (Å²) in [5, 5.41) is 0. The van der Waals surface area contributed by atoms with Crippen LogP contribution in [0.2, 0.25) is 0 Å². The molecule has 2 aliphatic heterocycles. The van der Waals surface area contributed by atoms with Gasteiger partial charge in [-0.1, -0.05) is 24.3 Å². The van der Waals surface area contributed by atoms with Crippen LogP contribution in [-0.2, 0) is 0 Å². The van der Waals surface area contributed by atoms with Gasteiger partial charge in [0.15, 0.2) is 5.58 Å². The molecule has 2 aliphatic rings. The second kappa shape index (κ2) is 5.69. The van der Waals surface area contributed by atoms with E-state index < -0.39 is 0 Å². The largest absolute Gasteiger partial charge is 0.423 e. The van der Waals surface area contributed by atoms with Crippen molar-refractivity contribution in [1.82, 2.24) is 9.88 Å². The topological polar surface area (TPSA) is 66.7 Å². The number of para-hydroxylation sites is 2. The van der Waals surface area contributed by atoms with Crippen LogP contribution in [0.3, 0.4) is 0 Å². The fourth-order valence-electron chi connectivity index (χ4n) is 3.88. The van der Waals surface area contributed by atoms with Gasteiger partial charge in [0, 0.05) is 13.1 Å². The molecule has 1 saturated heterocycles. The Balaban J connectivity index is 1.42. The summed E-state index contributed by atoms with van der Waals surface area (Å²) < 4.78 is 5.89. The molecule has 5 rings (SSSR count). The number of oxazole rings is 1. The number of carbonyl (C=O) groups is 2. The number of hydrogen-bond donors (Lipinski definition) is 0. The second-order valence-corrected chi connectivity index (χ2v) is 6.72. The van der Waals surface area contributed by atoms with Gasteiger partial charge >= 0.3 is 0 Å². The summed E-state index contributed by atoms with van der Waals surface area (Å²) in [6, 6.07) is 15.2. The molecule has 1 fully saturated rings. The molecule has 1 aromatic heterocycles. The molecule has 0 radical (unpaired) electrons. The SMILES string of the molecule is O=C1c2ccccc2C(=O)N1C[C@@H]1CCCN1c1nc2ccccc2o1. The number of nitrogens with zero attached hydrogens (tertiary/aromatic N) is 3. The third-order valence-electron chi connectivity index (χ3n) is 5.18. The smallest absolute Gasteiger partial charge is 0.298 e. The molecule has 0 saturated carbocycles. The van der Waals surface area contributed by atoms with Crippen LogP contribution in [0, 0.1) is 0 Å². The fourth-order valence-corrected chi connectivity index (χ4v) is 3.88. The number of rotatable bonds is 3. The molecule has 3 aromatic rings. The van der Waals surface area contributed by atoms with E-state index in [0.29, 0.717) is 23.7 Å². The van der Waals surface area contributed by atoms with Crippen LogP contribution >= 0.6 is 0 Å². The van der Waals surface area contributed by atoms with Gasteiger partial charge in [0.25, 0.3) is 17.8 Å². The van der Waals surface area contributed by atoms with E-state index in [4.69, 9.17) is 4.42 Å². The predicted molar refractivity (Wildman–Crippen MR) is 96.2 cm³/mol. The van der Waals surface area contributed by atoms with Crippen molar-refractivity contribution in [2.75, 3.05) is 18.0 Å². The highest BCUT2D eigenvalue weighted by Crippen LogP contribution is 2.30. The Morgan fingerprint density at radius 3 is 2.42 bits per heavy atom. The Morgan fingerprint density at radius 1 is 1.00 bits per heavy atom. The van der Waals surface area contributed by atoms with Gasteiger partial charge in [-0.05, 0) is 37.1 Å². The Morgan fingerprint density at radius 2 is 1.69 bits per heavy atom. The Bertz CT molecular complexity index is 958. The average Bonchev–Trinajstić information content (AvgIpc) is 3.35. The van der Waals surface area contributed by atoms with Crippen molar-refractivity contribution in [2.45, 2.75) is 18.9 Å². The first-order valence-corrected chi connectivity index (χ1v) is 8.80. The zero-order valence-electron chi connectivity index (χ0n) is 14.1. The number of aromatic nitrogens is 1. The number of hydrogen-bond acceptors (Lipinski definition) is 5. The molecule has 0 bridgehead atoms. The summed E-state index contributed by atoms with van der Waals surface area (Å²) in [4.78, 5) is 33.3. The molecule has 0 aliphatic carbocycles. The monoisotopic (exact) mass is 347 g/mol. The number of anilines is 1. The molecule has 26 heavy (non-hydrogen) atoms. The van der Waals surface area contributed by atoms with Crippen LogP contribution in [0.1, 0.15) is 33.6 Å². The number of imide groups is 1. The maximum Gasteiger partial charge on any atom is 0.298 e. The van der Waals surface area contributed by atoms with Crippen LogP contribution < -0.4 is 4.90 Å². The zero-order chi connectivity index (χ0) is 17.7. The first kappa shape index (κ1) is 15.1. The van der Waals surface area contributed by atoms with Crippen molar-refractivity contribution in [3.8, 4) is 0 Å². The molecule has 130 valence electrons. The van der Waals surface area contributed by atoms with Crippen LogP contribution in [0.25, 0.3) is 11.1 Å². The Labute approximate surface area is 150 Å². The van der Waals surface area contributed by atoms with Crippen molar-refractivity contribution in [3.63, 3.8) is 0 Å². The van der Waals surface area contributed by atoms with Gasteiger partial charge in [-0.15, -0.1) is 0 Å². The maximum atomic E-state index is 12.6. The van der Waals surface area contributed by atoms with Crippen molar-refractivity contribution >= 4 is 28.9 Å². The minimum atomic E-state index is -0.213. The highest BCUT2D eigenvalue weighted by molar-refractivity contribution is 6.21. The fraction of sp³-hybridized carbons (Fsp3) is 0.250. The van der Waals surface area contributed by atoms with Crippen molar-refractivity contribution < 1.29 is 14.0 Å². The first-order valence-electron chi connectivity index (χ1n) is 8.80. The number of benzene rings is 2. The standard InChI is InChI=1S/C20H17N3O3/c24-18-14-7-1-2-8-15(14)19(25)23(18)12-13-6-5-11-22(13)20-21-16-9-3-4-10-17(16)26-20/h1-4,7-10,13H,5-6,11-12H2/t13-/m0/s1. The van der Waals surface area contributed by atoms with Gasteiger partial charge in [0.1, 0.15) is 5.52 Å². The van der Waals surface area contributed by atoms with Crippen molar-refractivity contribution in [3.05, 3.63) is 59.7 Å². The van der Waals surface area contributed by atoms with E-state index in [1.807, 2.05) is 24.3 Å². The first-order chi connectivity index (χ1) is 12.7. The highest BCUT2D eigenvalue weighted by Gasteiger charge is 2.39. The molecule has 6 nitrogen and oxygen atoms in total. The second-order valence-electron chi connectivity index (χ2n) is 6.72. The molecule has 0 N–H and O–H groups in total. The van der Waals surface area contributed by atoms with E-state index in [2.05, 4.69) is 9.88 Å². The summed E-state index contributed by atoms with van der Waals surface area (Å²) >= 11 is 0. The maximum absolute atomic E-state index is 12.6. The summed E-state index contributed by atoms with van der Waals surface area (Å²) in [6.45, 7) is 1.16. The van der Waals surface area contributed by atoms with Crippen LogP contribution in [0.4, 0.5) is 6.01 Å². The lowest BCUT2D eigenvalue weighted by Gasteiger charge is -2.26. The van der Waals surface area contributed by atoms with Gasteiger partial charge in [-0.2, -0.15) is 4.98 Å². The van der Waals surface area contributed by atoms with Gasteiger partial charge in [-0.3, -0.25) is 14.5 Å². The quantitative estimate of drug-likeness (QED) is 0.681. The van der Waals surface area contributed by atoms with Crippen LogP contribution in [-0.4, -0.2) is 40.8 Å². The zero-order valence-corrected chi connectivity index (χ0v) is 14.1. The normalized spacial score (nSPS) is 19.6. The number of amides is 2. The molecule has 3 heterocycles. The molecule has 0 spiro atoms. The molecule has 1 atom stereocenters. The van der Waals surface area contributed by atoms with Gasteiger partial charge in [-0.25, -0.2) is 0 Å². The third kappa shape index (κ3) is 2.22. The van der Waals surface area contributed by atoms with Crippen LogP contribution in [0.15, 0.2) is 52.9 Å². The lowest BCUT2D eigenvalue weighted by atomic mass is 10.1. The molecular formula is C20H17N3O3. The minimum absolute atomic E-state index is 0.0188. The van der Waals surface area contributed by atoms with E-state index in [0.717, 1.165) is 30.5 Å². The van der Waals surface area contributed by atoms with Gasteiger partial charge in [0.05, 0.1) is 17.2 Å². The van der Waals surface area contributed by atoms with Crippen molar-refractivity contribution in [1.29, 1.82) is 0 Å². The summed E-state index contributed by atoms with van der Waals surface area (Å²) in [5.74, 6) is -0.426. The van der Waals surface area contributed by atoms with E-state index in [9.17, 15) is 9.59 Å². The van der Waals surface area contributed by atoms with E-state index in [-0.39, 0.29) is 17.9 Å². The molecule has 0 unspecified atom stereocenters. The molecule has 2 amide bonds. The lowest BCUT2D eigenvalue weighted by Crippen LogP contribution is -2.43. The molecular weight excluding hydrogens is 330 g/mol. The summed E-state index contributed by atoms with van der Waals surface area (Å²) in [5.41, 5.74) is 2.54. The van der Waals surface area contributed by atoms with Gasteiger partial charge < -0.3 is 9.32 Å². The number of fused-ring (bicyclic) bond motifs is 2. The number of carbonyl (C=O) groups excluding carboxylic acids is 2. The third-order valence-corrected chi connectivity index (χ3v) is 5.18.